The molecule has 1 unspecified atom stereocenters. The number of ether oxygens (including phenoxy) is 4. The molecule has 0 amide bonds. The van der Waals surface area contributed by atoms with Gasteiger partial charge in [0.15, 0.2) is 34.0 Å². The Kier molecular flexibility index (Phi) is 6.34. The zero-order valence-electron chi connectivity index (χ0n) is 15.5. The number of imidazole rings is 1. The summed E-state index contributed by atoms with van der Waals surface area (Å²) >= 11 is 9.27. The molecule has 0 N–H and O–H groups in total. The number of aromatic nitrogens is 4. The van der Waals surface area contributed by atoms with Gasteiger partial charge in [0.2, 0.25) is 0 Å². The van der Waals surface area contributed by atoms with Crippen molar-refractivity contribution in [2.75, 3.05) is 6.61 Å². The van der Waals surface area contributed by atoms with Crippen molar-refractivity contribution in [3.63, 3.8) is 0 Å². The predicted octanol–water partition coefficient (Wildman–Crippen LogP) is 1.57. The number of carbonyl (C=O) groups excluding carboxylic acids is 3. The highest BCUT2D eigenvalue weighted by atomic mass is 79.9. The number of nitrogens with zero attached hydrogens (tertiary/aromatic N) is 4. The number of carbonyl (C=O) groups is 3. The van der Waals surface area contributed by atoms with Gasteiger partial charge in [-0.25, -0.2) is 15.0 Å². The van der Waals surface area contributed by atoms with Gasteiger partial charge in [0.25, 0.3) is 0 Å². The molecule has 4 atom stereocenters. The van der Waals surface area contributed by atoms with Crippen molar-refractivity contribution in [1.82, 2.24) is 19.5 Å². The Hall–Kier alpha value is -2.31. The number of fused-ring (bicyclic) bond motifs is 1. The summed E-state index contributed by atoms with van der Waals surface area (Å²) in [5, 5.41) is 0.107. The van der Waals surface area contributed by atoms with E-state index in [1.165, 1.54) is 31.7 Å². The van der Waals surface area contributed by atoms with E-state index in [1.807, 2.05) is 0 Å². The number of esters is 3. The standard InChI is InChI=1S/C16H16BrClN4O7/c1-6(23)26-4-9-11(27-7(2)24)12(28-8(3)25)15(29-9)22-5-19-10-13(18)20-16(17)21-14(10)22/h5,9,11-12,15H,4H2,1-3H3/t9-,11?,12+,15-/m1/s1. The minimum atomic E-state index is -1.05. The van der Waals surface area contributed by atoms with Crippen LogP contribution in [0.4, 0.5) is 0 Å². The molecule has 156 valence electrons. The molecular formula is C16H16BrClN4O7. The maximum absolute atomic E-state index is 11.7. The Labute approximate surface area is 177 Å². The third-order valence-electron chi connectivity index (χ3n) is 3.97. The van der Waals surface area contributed by atoms with E-state index in [2.05, 4.69) is 30.9 Å². The molecular weight excluding hydrogens is 476 g/mol. The summed E-state index contributed by atoms with van der Waals surface area (Å²) in [6.45, 7) is 3.44. The molecule has 11 nitrogen and oxygen atoms in total. The number of rotatable bonds is 5. The molecule has 0 spiro atoms. The monoisotopic (exact) mass is 490 g/mol. The lowest BCUT2D eigenvalue weighted by Gasteiger charge is -2.23. The van der Waals surface area contributed by atoms with E-state index in [0.717, 1.165) is 0 Å². The Morgan fingerprint density at radius 3 is 2.41 bits per heavy atom. The zero-order valence-corrected chi connectivity index (χ0v) is 17.8. The third-order valence-corrected chi connectivity index (χ3v) is 4.58. The van der Waals surface area contributed by atoms with Gasteiger partial charge in [-0.15, -0.1) is 0 Å². The first-order chi connectivity index (χ1) is 13.7. The van der Waals surface area contributed by atoms with Crippen LogP contribution in [0.15, 0.2) is 11.1 Å². The first-order valence-electron chi connectivity index (χ1n) is 8.36. The van der Waals surface area contributed by atoms with Crippen LogP contribution in [0.1, 0.15) is 27.0 Å². The molecule has 0 aromatic carbocycles. The van der Waals surface area contributed by atoms with Crippen LogP contribution in [0.2, 0.25) is 5.15 Å². The van der Waals surface area contributed by atoms with E-state index in [1.54, 1.807) is 0 Å². The van der Waals surface area contributed by atoms with Crippen LogP contribution in [0.3, 0.4) is 0 Å². The van der Waals surface area contributed by atoms with Gasteiger partial charge in [0, 0.05) is 20.8 Å². The van der Waals surface area contributed by atoms with E-state index in [0.29, 0.717) is 11.2 Å². The summed E-state index contributed by atoms with van der Waals surface area (Å²) in [4.78, 5) is 46.9. The first kappa shape index (κ1) is 21.4. The van der Waals surface area contributed by atoms with Gasteiger partial charge in [0.05, 0.1) is 6.33 Å². The Morgan fingerprint density at radius 2 is 1.79 bits per heavy atom. The second-order valence-corrected chi connectivity index (χ2v) is 7.19. The Morgan fingerprint density at radius 1 is 1.14 bits per heavy atom. The minimum Gasteiger partial charge on any atom is -0.463 e. The molecule has 2 aromatic rings. The van der Waals surface area contributed by atoms with E-state index >= 15 is 0 Å². The van der Waals surface area contributed by atoms with Crippen LogP contribution in [-0.4, -0.2) is 62.3 Å². The van der Waals surface area contributed by atoms with Gasteiger partial charge in [0.1, 0.15) is 18.2 Å². The van der Waals surface area contributed by atoms with Crippen molar-refractivity contribution < 1.29 is 33.3 Å². The van der Waals surface area contributed by atoms with Crippen molar-refractivity contribution in [2.24, 2.45) is 0 Å². The second-order valence-electron chi connectivity index (χ2n) is 6.12. The predicted molar refractivity (Wildman–Crippen MR) is 99.7 cm³/mol. The summed E-state index contributed by atoms with van der Waals surface area (Å²) in [7, 11) is 0. The minimum absolute atomic E-state index is 0.107. The van der Waals surface area contributed by atoms with Gasteiger partial charge >= 0.3 is 17.9 Å². The average Bonchev–Trinajstić information content (AvgIpc) is 3.15. The number of hydrogen-bond acceptors (Lipinski definition) is 10. The second kappa shape index (κ2) is 8.59. The molecule has 1 aliphatic rings. The van der Waals surface area contributed by atoms with Gasteiger partial charge in [-0.3, -0.25) is 19.0 Å². The molecule has 0 radical (unpaired) electrons. The molecule has 29 heavy (non-hydrogen) atoms. The smallest absolute Gasteiger partial charge is 0.303 e. The maximum atomic E-state index is 11.7. The average molecular weight is 492 g/mol. The molecule has 1 aliphatic heterocycles. The van der Waals surface area contributed by atoms with Gasteiger partial charge in [-0.2, -0.15) is 0 Å². The lowest BCUT2D eigenvalue weighted by Crippen LogP contribution is -2.40. The normalized spacial score (nSPS) is 23.8. The molecule has 3 rings (SSSR count). The Balaban J connectivity index is 2.04. The fourth-order valence-electron chi connectivity index (χ4n) is 2.96. The maximum Gasteiger partial charge on any atom is 0.303 e. The van der Waals surface area contributed by atoms with Gasteiger partial charge in [-0.05, 0) is 15.9 Å². The SMILES string of the molecule is CC(=O)OC[C@H]1O[C@@H](n2cnc3c(Cl)nc(Br)nc32)[C@@H](OC(C)=O)C1OC(C)=O. The summed E-state index contributed by atoms with van der Waals surface area (Å²) in [5.74, 6) is -1.78. The van der Waals surface area contributed by atoms with Crippen LogP contribution >= 0.6 is 27.5 Å². The van der Waals surface area contributed by atoms with Crippen molar-refractivity contribution in [2.45, 2.75) is 45.3 Å². The van der Waals surface area contributed by atoms with E-state index in [9.17, 15) is 14.4 Å². The summed E-state index contributed by atoms with van der Waals surface area (Å²) in [6.07, 6.45) is -2.57. The molecule has 3 heterocycles. The molecule has 1 saturated heterocycles. The summed E-state index contributed by atoms with van der Waals surface area (Å²) < 4.78 is 23.4. The fourth-order valence-corrected chi connectivity index (χ4v) is 3.62. The highest BCUT2D eigenvalue weighted by Crippen LogP contribution is 2.36. The summed E-state index contributed by atoms with van der Waals surface area (Å²) in [5.41, 5.74) is 0.598. The first-order valence-corrected chi connectivity index (χ1v) is 9.53. The van der Waals surface area contributed by atoms with Crippen molar-refractivity contribution in [3.05, 3.63) is 16.2 Å². The quantitative estimate of drug-likeness (QED) is 0.263. The van der Waals surface area contributed by atoms with Gasteiger partial charge < -0.3 is 18.9 Å². The van der Waals surface area contributed by atoms with Crippen molar-refractivity contribution in [3.8, 4) is 0 Å². The molecule has 13 heteroatoms. The molecule has 0 aliphatic carbocycles. The summed E-state index contributed by atoms with van der Waals surface area (Å²) in [6, 6.07) is 0. The number of halogens is 2. The fraction of sp³-hybridized carbons (Fsp3) is 0.500. The molecule has 0 bridgehead atoms. The van der Waals surface area contributed by atoms with Crippen LogP contribution in [0.25, 0.3) is 11.2 Å². The van der Waals surface area contributed by atoms with Gasteiger partial charge in [-0.1, -0.05) is 11.6 Å². The molecule has 0 saturated carbocycles. The van der Waals surface area contributed by atoms with Crippen molar-refractivity contribution in [1.29, 1.82) is 0 Å². The Bertz CT molecular complexity index is 968. The van der Waals surface area contributed by atoms with E-state index in [4.69, 9.17) is 30.5 Å². The molecule has 1 fully saturated rings. The zero-order chi connectivity index (χ0) is 21.3. The lowest BCUT2D eigenvalue weighted by molar-refractivity contribution is -0.166. The van der Waals surface area contributed by atoms with Crippen LogP contribution in [0, 0.1) is 0 Å². The van der Waals surface area contributed by atoms with Crippen LogP contribution < -0.4 is 0 Å². The third kappa shape index (κ3) is 4.65. The topological polar surface area (TPSA) is 132 Å². The number of hydrogen-bond donors (Lipinski definition) is 0. The molecule has 2 aromatic heterocycles. The van der Waals surface area contributed by atoms with Crippen LogP contribution in [0.5, 0.6) is 0 Å². The highest BCUT2D eigenvalue weighted by Gasteiger charge is 2.51. The lowest BCUT2D eigenvalue weighted by atomic mass is 10.1. The van der Waals surface area contributed by atoms with E-state index < -0.39 is 42.4 Å². The van der Waals surface area contributed by atoms with Crippen molar-refractivity contribution >= 4 is 56.6 Å². The van der Waals surface area contributed by atoms with E-state index in [-0.39, 0.29) is 16.5 Å². The van der Waals surface area contributed by atoms with Crippen LogP contribution in [-0.2, 0) is 33.3 Å². The highest BCUT2D eigenvalue weighted by molar-refractivity contribution is 9.10. The largest absolute Gasteiger partial charge is 0.463 e.